The Hall–Kier alpha value is -0.960. The summed E-state index contributed by atoms with van der Waals surface area (Å²) in [4.78, 5) is 6.48. The van der Waals surface area contributed by atoms with Crippen LogP contribution in [0.25, 0.3) is 0 Å². The van der Waals surface area contributed by atoms with E-state index in [1.165, 1.54) is 10.6 Å². The molecule has 1 aliphatic rings. The largest absolute Gasteiger partial charge is 0.331 e. The maximum absolute atomic E-state index is 11.6. The van der Waals surface area contributed by atoms with Crippen LogP contribution in [0.1, 0.15) is 31.6 Å². The zero-order valence-corrected chi connectivity index (χ0v) is 13.8. The highest BCUT2D eigenvalue weighted by Gasteiger charge is 2.29. The van der Waals surface area contributed by atoms with E-state index < -0.39 is 10.0 Å². The topological polar surface area (TPSA) is 84.5 Å². The van der Waals surface area contributed by atoms with E-state index in [0.29, 0.717) is 38.8 Å². The van der Waals surface area contributed by atoms with Gasteiger partial charge in [0.25, 0.3) is 0 Å². The first-order valence-corrected chi connectivity index (χ1v) is 9.10. The molecular weight excluding hydrogens is 290 g/mol. The fourth-order valence-corrected chi connectivity index (χ4v) is 3.63. The second kappa shape index (κ2) is 6.43. The third kappa shape index (κ3) is 3.63. The van der Waals surface area contributed by atoms with Crippen molar-refractivity contribution in [2.45, 2.75) is 25.9 Å². The van der Waals surface area contributed by atoms with E-state index in [-0.39, 0.29) is 6.04 Å². The lowest BCUT2D eigenvalue weighted by molar-refractivity contribution is 0.135. The first-order valence-electron chi connectivity index (χ1n) is 7.25. The first kappa shape index (κ1) is 16.4. The van der Waals surface area contributed by atoms with Gasteiger partial charge in [-0.3, -0.25) is 4.90 Å². The second-order valence-electron chi connectivity index (χ2n) is 5.77. The highest BCUT2D eigenvalue weighted by Crippen LogP contribution is 2.23. The molecule has 120 valence electrons. The van der Waals surface area contributed by atoms with Crippen molar-refractivity contribution in [2.24, 2.45) is 5.73 Å². The van der Waals surface area contributed by atoms with Crippen molar-refractivity contribution >= 4 is 10.0 Å². The van der Waals surface area contributed by atoms with Gasteiger partial charge in [-0.1, -0.05) is 0 Å². The Morgan fingerprint density at radius 3 is 2.38 bits per heavy atom. The van der Waals surface area contributed by atoms with Crippen LogP contribution < -0.4 is 5.73 Å². The zero-order valence-electron chi connectivity index (χ0n) is 12.9. The standard InChI is InChI=1S/C13H25N5O2S/c1-11(2)18-10-15-9-13(18)12(8-14)16-4-6-17(7-5-16)21(3,19)20/h9-12H,4-8,14H2,1-3H3. The minimum absolute atomic E-state index is 0.0802. The average Bonchev–Trinajstić information content (AvgIpc) is 2.88. The molecule has 1 atom stereocenters. The summed E-state index contributed by atoms with van der Waals surface area (Å²) in [6, 6.07) is 0.408. The molecule has 0 radical (unpaired) electrons. The lowest BCUT2D eigenvalue weighted by Gasteiger charge is -2.38. The van der Waals surface area contributed by atoms with Crippen molar-refractivity contribution in [1.29, 1.82) is 0 Å². The van der Waals surface area contributed by atoms with Gasteiger partial charge in [0.1, 0.15) is 0 Å². The van der Waals surface area contributed by atoms with Gasteiger partial charge < -0.3 is 10.3 Å². The van der Waals surface area contributed by atoms with Gasteiger partial charge in [-0.2, -0.15) is 4.31 Å². The summed E-state index contributed by atoms with van der Waals surface area (Å²) in [5, 5.41) is 0. The number of hydrogen-bond acceptors (Lipinski definition) is 5. The fraction of sp³-hybridized carbons (Fsp3) is 0.769. The van der Waals surface area contributed by atoms with Gasteiger partial charge in [-0.25, -0.2) is 13.4 Å². The number of aromatic nitrogens is 2. The second-order valence-corrected chi connectivity index (χ2v) is 7.75. The van der Waals surface area contributed by atoms with Crippen molar-refractivity contribution in [3.63, 3.8) is 0 Å². The third-order valence-electron chi connectivity index (χ3n) is 4.00. The van der Waals surface area contributed by atoms with Crippen molar-refractivity contribution in [3.05, 3.63) is 18.2 Å². The number of piperazine rings is 1. The molecule has 7 nitrogen and oxygen atoms in total. The average molecular weight is 315 g/mol. The Labute approximate surface area is 126 Å². The van der Waals surface area contributed by atoms with Gasteiger partial charge in [0, 0.05) is 45.0 Å². The van der Waals surface area contributed by atoms with Crippen LogP contribution in [0, 0.1) is 0 Å². The molecule has 8 heteroatoms. The van der Waals surface area contributed by atoms with Gasteiger partial charge in [0.15, 0.2) is 0 Å². The SMILES string of the molecule is CC(C)n1cncc1C(CN)N1CCN(S(C)(=O)=O)CC1. The molecule has 2 rings (SSSR count). The number of imidazole rings is 1. The van der Waals surface area contributed by atoms with Crippen LogP contribution in [0.15, 0.2) is 12.5 Å². The van der Waals surface area contributed by atoms with E-state index >= 15 is 0 Å². The molecule has 1 fully saturated rings. The summed E-state index contributed by atoms with van der Waals surface area (Å²) in [7, 11) is -3.10. The lowest BCUT2D eigenvalue weighted by Crippen LogP contribution is -2.50. The summed E-state index contributed by atoms with van der Waals surface area (Å²) >= 11 is 0. The van der Waals surface area contributed by atoms with Gasteiger partial charge >= 0.3 is 0 Å². The predicted molar refractivity (Wildman–Crippen MR) is 82.4 cm³/mol. The van der Waals surface area contributed by atoms with E-state index in [9.17, 15) is 8.42 Å². The Balaban J connectivity index is 2.11. The quantitative estimate of drug-likeness (QED) is 0.829. The summed E-state index contributed by atoms with van der Waals surface area (Å²) in [6.45, 7) is 7.14. The molecule has 0 aromatic carbocycles. The van der Waals surface area contributed by atoms with E-state index in [1.54, 1.807) is 0 Å². The van der Waals surface area contributed by atoms with Gasteiger partial charge in [-0.15, -0.1) is 0 Å². The summed E-state index contributed by atoms with van der Waals surface area (Å²) in [5.74, 6) is 0. The molecule has 2 heterocycles. The highest BCUT2D eigenvalue weighted by atomic mass is 32.2. The molecule has 1 unspecified atom stereocenters. The van der Waals surface area contributed by atoms with E-state index in [2.05, 4.69) is 28.3 Å². The molecule has 1 aromatic heterocycles. The van der Waals surface area contributed by atoms with Crippen molar-refractivity contribution < 1.29 is 8.42 Å². The van der Waals surface area contributed by atoms with Gasteiger partial charge in [0.05, 0.1) is 24.3 Å². The number of nitrogens with two attached hydrogens (primary N) is 1. The lowest BCUT2D eigenvalue weighted by atomic mass is 10.1. The minimum atomic E-state index is -3.10. The van der Waals surface area contributed by atoms with Crippen LogP contribution in [0.5, 0.6) is 0 Å². The summed E-state index contributed by atoms with van der Waals surface area (Å²) in [6.07, 6.45) is 4.95. The minimum Gasteiger partial charge on any atom is -0.331 e. The smallest absolute Gasteiger partial charge is 0.211 e. The predicted octanol–water partition coefficient (Wildman–Crippen LogP) is 0.0410. The Morgan fingerprint density at radius 1 is 1.29 bits per heavy atom. The maximum Gasteiger partial charge on any atom is 0.211 e. The number of rotatable bonds is 5. The maximum atomic E-state index is 11.6. The zero-order chi connectivity index (χ0) is 15.6. The number of nitrogens with zero attached hydrogens (tertiary/aromatic N) is 4. The van der Waals surface area contributed by atoms with Crippen molar-refractivity contribution in [1.82, 2.24) is 18.8 Å². The molecule has 1 aliphatic heterocycles. The third-order valence-corrected chi connectivity index (χ3v) is 5.30. The van der Waals surface area contributed by atoms with E-state index in [1.807, 2.05) is 12.5 Å². The van der Waals surface area contributed by atoms with E-state index in [4.69, 9.17) is 5.73 Å². The van der Waals surface area contributed by atoms with Crippen LogP contribution >= 0.6 is 0 Å². The monoisotopic (exact) mass is 315 g/mol. The molecule has 1 aromatic rings. The highest BCUT2D eigenvalue weighted by molar-refractivity contribution is 7.88. The molecular formula is C13H25N5O2S. The van der Waals surface area contributed by atoms with Crippen molar-refractivity contribution in [3.8, 4) is 0 Å². The van der Waals surface area contributed by atoms with Crippen LogP contribution in [0.3, 0.4) is 0 Å². The Morgan fingerprint density at radius 2 is 1.90 bits per heavy atom. The molecule has 1 saturated heterocycles. The van der Waals surface area contributed by atoms with Gasteiger partial charge in [-0.05, 0) is 13.8 Å². The first-order chi connectivity index (χ1) is 9.84. The van der Waals surface area contributed by atoms with Crippen LogP contribution in [-0.2, 0) is 10.0 Å². The van der Waals surface area contributed by atoms with Crippen LogP contribution in [0.4, 0.5) is 0 Å². The van der Waals surface area contributed by atoms with E-state index in [0.717, 1.165) is 5.69 Å². The molecule has 0 aliphatic carbocycles. The van der Waals surface area contributed by atoms with Gasteiger partial charge in [0.2, 0.25) is 10.0 Å². The molecule has 0 amide bonds. The molecule has 21 heavy (non-hydrogen) atoms. The Bertz CT molecular complexity index is 561. The van der Waals surface area contributed by atoms with Crippen molar-refractivity contribution in [2.75, 3.05) is 39.0 Å². The number of hydrogen-bond donors (Lipinski definition) is 1. The normalized spacial score (nSPS) is 20.0. The van der Waals surface area contributed by atoms with Crippen LogP contribution in [-0.4, -0.2) is 66.2 Å². The summed E-state index contributed by atoms with van der Waals surface area (Å²) < 4.78 is 26.8. The molecule has 0 saturated carbocycles. The number of sulfonamides is 1. The molecule has 0 bridgehead atoms. The Kier molecular flexibility index (Phi) is 5.03. The molecule has 2 N–H and O–H groups in total. The fourth-order valence-electron chi connectivity index (χ4n) is 2.81. The summed E-state index contributed by atoms with van der Waals surface area (Å²) in [5.41, 5.74) is 7.07. The van der Waals surface area contributed by atoms with Crippen LogP contribution in [0.2, 0.25) is 0 Å². The molecule has 0 spiro atoms.